The van der Waals surface area contributed by atoms with Gasteiger partial charge >= 0.3 is 6.03 Å². The molecule has 3 aromatic carbocycles. The van der Waals surface area contributed by atoms with Crippen molar-refractivity contribution in [2.75, 3.05) is 55.3 Å². The van der Waals surface area contributed by atoms with E-state index in [0.29, 0.717) is 18.7 Å². The van der Waals surface area contributed by atoms with Crippen LogP contribution in [0.2, 0.25) is 0 Å². The van der Waals surface area contributed by atoms with E-state index in [1.165, 1.54) is 16.8 Å². The molecule has 44 heavy (non-hydrogen) atoms. The number of aliphatic hydroxyl groups excluding tert-OH is 1. The smallest absolute Gasteiger partial charge is 0.322 e. The Kier molecular flexibility index (Phi) is 7.37. The summed E-state index contributed by atoms with van der Waals surface area (Å²) in [5.74, 6) is 0.181. The van der Waals surface area contributed by atoms with E-state index >= 15 is 0 Å². The second kappa shape index (κ2) is 11.6. The Balaban J connectivity index is 1.13. The average molecular weight is 589 g/mol. The lowest BCUT2D eigenvalue weighted by molar-refractivity contribution is 0.189. The van der Waals surface area contributed by atoms with Gasteiger partial charge in [-0.2, -0.15) is 4.98 Å². The van der Waals surface area contributed by atoms with Gasteiger partial charge in [-0.25, -0.2) is 9.78 Å². The summed E-state index contributed by atoms with van der Waals surface area (Å²) in [5, 5.41) is 13.2. The number of rotatable bonds is 6. The number of nitrogens with zero attached hydrogens (tertiary/aromatic N) is 5. The Morgan fingerprint density at radius 2 is 1.68 bits per heavy atom. The molecule has 5 N–H and O–H groups in total. The zero-order valence-corrected chi connectivity index (χ0v) is 24.8. The molecule has 2 aliphatic rings. The third-order valence-corrected chi connectivity index (χ3v) is 8.80. The van der Waals surface area contributed by atoms with E-state index < -0.39 is 0 Å². The van der Waals surface area contributed by atoms with Crippen LogP contribution in [0.5, 0.6) is 0 Å². The molecule has 0 saturated carbocycles. The minimum absolute atomic E-state index is 0.131. The number of aromatic amines is 1. The predicted molar refractivity (Wildman–Crippen MR) is 174 cm³/mol. The molecule has 2 aliphatic heterocycles. The standard InChI is InChI=1S/C34H36N8O2/c1-22-27(7-4-8-29(22)37-34(44)42-20-24-5-2-3-6-25(24)21-42)31-28-19-30(36-32(28)39-33(35)38-31)23-9-11-26(12-10-23)41-15-13-40(14-16-41)17-18-43/h2-12,19,43H,13-18,20-21H2,1H3,(H,37,44)(H3,35,36,38,39). The highest BCUT2D eigenvalue weighted by molar-refractivity contribution is 5.98. The molecule has 0 radical (unpaired) electrons. The largest absolute Gasteiger partial charge is 0.395 e. The van der Waals surface area contributed by atoms with E-state index in [-0.39, 0.29) is 18.6 Å². The van der Waals surface area contributed by atoms with Crippen molar-refractivity contribution >= 4 is 34.4 Å². The summed E-state index contributed by atoms with van der Waals surface area (Å²) in [7, 11) is 0. The van der Waals surface area contributed by atoms with Gasteiger partial charge in [0.25, 0.3) is 0 Å². The summed E-state index contributed by atoms with van der Waals surface area (Å²) in [6, 6.07) is 24.5. The van der Waals surface area contributed by atoms with Crippen LogP contribution in [0.1, 0.15) is 16.7 Å². The van der Waals surface area contributed by atoms with Gasteiger partial charge in [0.15, 0.2) is 0 Å². The fraction of sp³-hybridized carbons (Fsp3) is 0.265. The summed E-state index contributed by atoms with van der Waals surface area (Å²) in [6.45, 7) is 7.89. The van der Waals surface area contributed by atoms with Crippen molar-refractivity contribution in [3.8, 4) is 22.5 Å². The van der Waals surface area contributed by atoms with Crippen molar-refractivity contribution in [2.45, 2.75) is 20.0 Å². The molecule has 0 aliphatic carbocycles. The number of piperazine rings is 1. The molecule has 1 saturated heterocycles. The number of aliphatic hydroxyl groups is 1. The van der Waals surface area contributed by atoms with Gasteiger partial charge < -0.3 is 30.9 Å². The van der Waals surface area contributed by atoms with Crippen LogP contribution in [0.4, 0.5) is 22.1 Å². The molecule has 2 aromatic heterocycles. The van der Waals surface area contributed by atoms with Crippen LogP contribution in [0, 0.1) is 6.92 Å². The normalized spacial score (nSPS) is 15.1. The Hall–Kier alpha value is -4.93. The number of amides is 2. The highest BCUT2D eigenvalue weighted by atomic mass is 16.3. The summed E-state index contributed by atoms with van der Waals surface area (Å²) < 4.78 is 0. The molecule has 224 valence electrons. The molecular weight excluding hydrogens is 552 g/mol. The number of nitrogens with one attached hydrogen (secondary N) is 2. The molecule has 2 amide bonds. The minimum atomic E-state index is -0.131. The van der Waals surface area contributed by atoms with Crippen molar-refractivity contribution < 1.29 is 9.90 Å². The minimum Gasteiger partial charge on any atom is -0.395 e. The first-order valence-electron chi connectivity index (χ1n) is 15.0. The molecule has 10 nitrogen and oxygen atoms in total. The van der Waals surface area contributed by atoms with Crippen molar-refractivity contribution in [2.24, 2.45) is 0 Å². The number of carbonyl (C=O) groups is 1. The number of H-pyrrole nitrogens is 1. The monoisotopic (exact) mass is 588 g/mol. The molecule has 10 heteroatoms. The number of nitrogens with two attached hydrogens (primary N) is 1. The van der Waals surface area contributed by atoms with Crippen LogP contribution in [0.3, 0.4) is 0 Å². The van der Waals surface area contributed by atoms with Crippen molar-refractivity contribution in [1.82, 2.24) is 24.8 Å². The van der Waals surface area contributed by atoms with Crippen LogP contribution in [0.15, 0.2) is 72.8 Å². The molecule has 4 heterocycles. The van der Waals surface area contributed by atoms with Gasteiger partial charge in [-0.1, -0.05) is 48.5 Å². The number of urea groups is 1. The molecule has 0 spiro atoms. The zero-order valence-electron chi connectivity index (χ0n) is 24.8. The van der Waals surface area contributed by atoms with E-state index in [2.05, 4.69) is 72.5 Å². The summed E-state index contributed by atoms with van der Waals surface area (Å²) in [6.07, 6.45) is 0. The lowest BCUT2D eigenvalue weighted by Gasteiger charge is -2.35. The Bertz CT molecular complexity index is 1800. The van der Waals surface area contributed by atoms with Crippen molar-refractivity contribution in [3.05, 3.63) is 89.5 Å². The quantitative estimate of drug-likeness (QED) is 0.224. The van der Waals surface area contributed by atoms with Crippen LogP contribution in [0.25, 0.3) is 33.5 Å². The molecule has 7 rings (SSSR count). The van der Waals surface area contributed by atoms with Gasteiger partial charge in [0.05, 0.1) is 12.3 Å². The van der Waals surface area contributed by atoms with Gasteiger partial charge in [0.2, 0.25) is 5.95 Å². The van der Waals surface area contributed by atoms with Gasteiger partial charge in [-0.3, -0.25) is 4.90 Å². The number of benzene rings is 3. The maximum Gasteiger partial charge on any atom is 0.322 e. The van der Waals surface area contributed by atoms with Gasteiger partial charge in [-0.05, 0) is 53.4 Å². The van der Waals surface area contributed by atoms with E-state index in [0.717, 1.165) is 71.9 Å². The lowest BCUT2D eigenvalue weighted by Crippen LogP contribution is -2.47. The third-order valence-electron chi connectivity index (χ3n) is 8.80. The second-order valence-electron chi connectivity index (χ2n) is 11.5. The molecule has 0 unspecified atom stereocenters. The van der Waals surface area contributed by atoms with Crippen LogP contribution < -0.4 is 16.0 Å². The number of carbonyl (C=O) groups excluding carboxylic acids is 1. The number of β-amino-alcohol motifs (C(OH)–C–C–N with tert-alkyl or cyclic N) is 1. The topological polar surface area (TPSA) is 127 Å². The van der Waals surface area contributed by atoms with Crippen LogP contribution >= 0.6 is 0 Å². The summed E-state index contributed by atoms with van der Waals surface area (Å²) in [5.41, 5.74) is 15.6. The van der Waals surface area contributed by atoms with Crippen LogP contribution in [-0.4, -0.2) is 75.2 Å². The SMILES string of the molecule is Cc1c(NC(=O)N2Cc3ccccc3C2)cccc1-c1nc(N)nc2[nH]c(-c3ccc(N4CCN(CCO)CC4)cc3)cc12. The summed E-state index contributed by atoms with van der Waals surface area (Å²) >= 11 is 0. The lowest BCUT2D eigenvalue weighted by atomic mass is 10.0. The van der Waals surface area contributed by atoms with Crippen molar-refractivity contribution in [1.29, 1.82) is 0 Å². The molecule has 0 atom stereocenters. The first kappa shape index (κ1) is 27.9. The number of anilines is 3. The highest BCUT2D eigenvalue weighted by Gasteiger charge is 2.24. The third kappa shape index (κ3) is 5.34. The Morgan fingerprint density at radius 1 is 0.955 bits per heavy atom. The highest BCUT2D eigenvalue weighted by Crippen LogP contribution is 2.35. The number of aromatic nitrogens is 3. The van der Waals surface area contributed by atoms with E-state index in [4.69, 9.17) is 5.73 Å². The fourth-order valence-corrected chi connectivity index (χ4v) is 6.31. The maximum atomic E-state index is 13.2. The first-order valence-corrected chi connectivity index (χ1v) is 15.0. The maximum absolute atomic E-state index is 13.2. The number of nitrogen functional groups attached to an aromatic ring is 1. The first-order chi connectivity index (χ1) is 21.5. The molecular formula is C34H36N8O2. The molecule has 0 bridgehead atoms. The van der Waals surface area contributed by atoms with Gasteiger partial charge in [-0.15, -0.1) is 0 Å². The molecule has 5 aromatic rings. The number of hydrogen-bond acceptors (Lipinski definition) is 7. The zero-order chi connectivity index (χ0) is 30.2. The number of hydrogen-bond donors (Lipinski definition) is 4. The second-order valence-corrected chi connectivity index (χ2v) is 11.5. The van der Waals surface area contributed by atoms with Crippen molar-refractivity contribution in [3.63, 3.8) is 0 Å². The van der Waals surface area contributed by atoms with E-state index in [9.17, 15) is 9.90 Å². The predicted octanol–water partition coefficient (Wildman–Crippen LogP) is 4.84. The van der Waals surface area contributed by atoms with E-state index in [1.54, 1.807) is 0 Å². The summed E-state index contributed by atoms with van der Waals surface area (Å²) in [4.78, 5) is 32.3. The Labute approximate surface area is 256 Å². The fourth-order valence-electron chi connectivity index (χ4n) is 6.31. The van der Waals surface area contributed by atoms with Gasteiger partial charge in [0, 0.05) is 73.8 Å². The average Bonchev–Trinajstić information content (AvgIpc) is 3.67. The molecule has 1 fully saturated rings. The van der Waals surface area contributed by atoms with Crippen LogP contribution in [-0.2, 0) is 13.1 Å². The number of fused-ring (bicyclic) bond motifs is 2. The Morgan fingerprint density at radius 3 is 2.39 bits per heavy atom. The van der Waals surface area contributed by atoms with E-state index in [1.807, 2.05) is 42.2 Å². The van der Waals surface area contributed by atoms with Gasteiger partial charge in [0.1, 0.15) is 5.65 Å².